The van der Waals surface area contributed by atoms with E-state index < -0.39 is 0 Å². The minimum atomic E-state index is -0.114. The standard InChI is InChI=1S/C28H28N2O4/c1-18-22(28(19-10-6-5-7-11-19)21-12-8-9-13-24(21)30-18)16-27(31)29-17-23-25(33-3)14-20(32-2)15-26(23)34-4/h5-15H,16-17H2,1-4H3,(H,29,31). The number of fused-ring (bicyclic) bond motifs is 1. The molecular weight excluding hydrogens is 428 g/mol. The largest absolute Gasteiger partial charge is 0.496 e. The molecule has 0 radical (unpaired) electrons. The zero-order valence-corrected chi connectivity index (χ0v) is 19.8. The zero-order chi connectivity index (χ0) is 24.1. The van der Waals surface area contributed by atoms with Crippen LogP contribution in [0.15, 0.2) is 66.7 Å². The molecule has 4 aromatic rings. The second-order valence-corrected chi connectivity index (χ2v) is 7.90. The minimum Gasteiger partial charge on any atom is -0.496 e. The predicted molar refractivity (Wildman–Crippen MR) is 134 cm³/mol. The maximum absolute atomic E-state index is 13.1. The van der Waals surface area contributed by atoms with E-state index in [1.807, 2.05) is 43.3 Å². The molecule has 0 atom stereocenters. The van der Waals surface area contributed by atoms with Crippen LogP contribution in [-0.2, 0) is 17.8 Å². The van der Waals surface area contributed by atoms with Crippen molar-refractivity contribution in [2.24, 2.45) is 0 Å². The van der Waals surface area contributed by atoms with Crippen LogP contribution in [0.3, 0.4) is 0 Å². The summed E-state index contributed by atoms with van der Waals surface area (Å²) in [6.07, 6.45) is 0.203. The Labute approximate surface area is 199 Å². The van der Waals surface area contributed by atoms with Gasteiger partial charge in [0.1, 0.15) is 17.2 Å². The molecule has 0 aliphatic carbocycles. The molecule has 174 valence electrons. The van der Waals surface area contributed by atoms with Gasteiger partial charge in [0.2, 0.25) is 5.91 Å². The van der Waals surface area contributed by atoms with E-state index in [1.165, 1.54) is 0 Å². The van der Waals surface area contributed by atoms with E-state index in [0.29, 0.717) is 17.2 Å². The SMILES string of the molecule is COc1cc(OC)c(CNC(=O)Cc2c(C)nc3ccccc3c2-c2ccccc2)c(OC)c1. The molecule has 0 saturated carbocycles. The minimum absolute atomic E-state index is 0.114. The molecule has 0 aliphatic heterocycles. The maximum Gasteiger partial charge on any atom is 0.224 e. The first-order valence-electron chi connectivity index (χ1n) is 11.0. The lowest BCUT2D eigenvalue weighted by Crippen LogP contribution is -2.26. The summed E-state index contributed by atoms with van der Waals surface area (Å²) in [4.78, 5) is 17.9. The number of nitrogens with zero attached hydrogens (tertiary/aromatic N) is 1. The van der Waals surface area contributed by atoms with Crippen molar-refractivity contribution in [1.82, 2.24) is 10.3 Å². The first-order valence-corrected chi connectivity index (χ1v) is 11.0. The van der Waals surface area contributed by atoms with E-state index in [2.05, 4.69) is 23.5 Å². The molecule has 0 spiro atoms. The molecule has 4 rings (SSSR count). The second kappa shape index (κ2) is 10.3. The number of pyridine rings is 1. The number of hydrogen-bond donors (Lipinski definition) is 1. The summed E-state index contributed by atoms with van der Waals surface area (Å²) >= 11 is 0. The highest BCUT2D eigenvalue weighted by Crippen LogP contribution is 2.35. The number of aryl methyl sites for hydroxylation is 1. The summed E-state index contributed by atoms with van der Waals surface area (Å²) in [6.45, 7) is 2.22. The number of carbonyl (C=O) groups excluding carboxylic acids is 1. The van der Waals surface area contributed by atoms with Crippen LogP contribution in [0.4, 0.5) is 0 Å². The number of carbonyl (C=O) groups is 1. The van der Waals surface area contributed by atoms with Gasteiger partial charge in [-0.1, -0.05) is 48.5 Å². The predicted octanol–water partition coefficient (Wildman–Crippen LogP) is 5.09. The van der Waals surface area contributed by atoms with Gasteiger partial charge in [0.15, 0.2) is 0 Å². The summed E-state index contributed by atoms with van der Waals surface area (Å²) in [7, 11) is 4.74. The Morgan fingerprint density at radius 2 is 1.50 bits per heavy atom. The molecule has 6 nitrogen and oxygen atoms in total. The Morgan fingerprint density at radius 1 is 0.853 bits per heavy atom. The highest BCUT2D eigenvalue weighted by atomic mass is 16.5. The third-order valence-electron chi connectivity index (χ3n) is 5.88. The van der Waals surface area contributed by atoms with Gasteiger partial charge in [-0.3, -0.25) is 9.78 Å². The van der Waals surface area contributed by atoms with Crippen LogP contribution >= 0.6 is 0 Å². The fourth-order valence-electron chi connectivity index (χ4n) is 4.19. The van der Waals surface area contributed by atoms with Crippen LogP contribution in [0.5, 0.6) is 17.2 Å². The zero-order valence-electron chi connectivity index (χ0n) is 19.8. The summed E-state index contributed by atoms with van der Waals surface area (Å²) in [6, 6.07) is 21.7. The van der Waals surface area contributed by atoms with Crippen molar-refractivity contribution in [1.29, 1.82) is 0 Å². The lowest BCUT2D eigenvalue weighted by Gasteiger charge is -2.17. The first kappa shape index (κ1) is 23.1. The number of nitrogens with one attached hydrogen (secondary N) is 1. The summed E-state index contributed by atoms with van der Waals surface area (Å²) in [5, 5.41) is 4.05. The van der Waals surface area contributed by atoms with Crippen LogP contribution in [0.1, 0.15) is 16.8 Å². The normalized spacial score (nSPS) is 10.7. The number of methoxy groups -OCH3 is 3. The fourth-order valence-corrected chi connectivity index (χ4v) is 4.19. The number of rotatable bonds is 8. The first-order chi connectivity index (χ1) is 16.5. The van der Waals surface area contributed by atoms with E-state index in [-0.39, 0.29) is 18.9 Å². The smallest absolute Gasteiger partial charge is 0.224 e. The molecule has 1 N–H and O–H groups in total. The van der Waals surface area contributed by atoms with E-state index in [4.69, 9.17) is 19.2 Å². The van der Waals surface area contributed by atoms with Gasteiger partial charge in [-0.05, 0) is 29.7 Å². The van der Waals surface area contributed by atoms with E-state index in [9.17, 15) is 4.79 Å². The number of amides is 1. The van der Waals surface area contributed by atoms with Crippen molar-refractivity contribution >= 4 is 16.8 Å². The van der Waals surface area contributed by atoms with Gasteiger partial charge in [-0.25, -0.2) is 0 Å². The number of ether oxygens (including phenoxy) is 3. The summed E-state index contributed by atoms with van der Waals surface area (Å²) in [5.41, 5.74) is 5.51. The molecule has 1 aromatic heterocycles. The number of benzene rings is 3. The van der Waals surface area contributed by atoms with Crippen molar-refractivity contribution in [3.63, 3.8) is 0 Å². The van der Waals surface area contributed by atoms with Crippen LogP contribution in [0.25, 0.3) is 22.0 Å². The molecule has 1 amide bonds. The molecule has 34 heavy (non-hydrogen) atoms. The Bertz CT molecular complexity index is 1290. The van der Waals surface area contributed by atoms with Gasteiger partial charge in [-0.15, -0.1) is 0 Å². The Balaban J connectivity index is 1.66. The molecule has 0 fully saturated rings. The van der Waals surface area contributed by atoms with Gasteiger partial charge in [0.05, 0.1) is 45.4 Å². The van der Waals surface area contributed by atoms with Crippen molar-refractivity contribution < 1.29 is 19.0 Å². The molecule has 0 bridgehead atoms. The molecular formula is C28H28N2O4. The highest BCUT2D eigenvalue weighted by Gasteiger charge is 2.19. The Hall–Kier alpha value is -4.06. The number of hydrogen-bond acceptors (Lipinski definition) is 5. The van der Waals surface area contributed by atoms with Gasteiger partial charge in [0.25, 0.3) is 0 Å². The maximum atomic E-state index is 13.1. The monoisotopic (exact) mass is 456 g/mol. The van der Waals surface area contributed by atoms with Gasteiger partial charge in [0, 0.05) is 23.2 Å². The molecule has 3 aromatic carbocycles. The van der Waals surface area contributed by atoms with Gasteiger partial charge >= 0.3 is 0 Å². The molecule has 6 heteroatoms. The van der Waals surface area contributed by atoms with E-state index in [0.717, 1.165) is 38.9 Å². The highest BCUT2D eigenvalue weighted by molar-refractivity contribution is 5.98. The molecule has 0 aliphatic rings. The van der Waals surface area contributed by atoms with Crippen molar-refractivity contribution in [2.75, 3.05) is 21.3 Å². The van der Waals surface area contributed by atoms with Crippen molar-refractivity contribution in [2.45, 2.75) is 19.9 Å². The van der Waals surface area contributed by atoms with Crippen LogP contribution in [0, 0.1) is 6.92 Å². The molecule has 1 heterocycles. The fraction of sp³-hybridized carbons (Fsp3) is 0.214. The van der Waals surface area contributed by atoms with Crippen molar-refractivity contribution in [3.05, 3.63) is 83.6 Å². The van der Waals surface area contributed by atoms with Gasteiger partial charge in [-0.2, -0.15) is 0 Å². The summed E-state index contributed by atoms with van der Waals surface area (Å²) < 4.78 is 16.3. The van der Waals surface area contributed by atoms with Crippen LogP contribution in [0.2, 0.25) is 0 Å². The number of para-hydroxylation sites is 1. The van der Waals surface area contributed by atoms with Gasteiger partial charge < -0.3 is 19.5 Å². The third kappa shape index (κ3) is 4.66. The number of aromatic nitrogens is 1. The van der Waals surface area contributed by atoms with E-state index >= 15 is 0 Å². The van der Waals surface area contributed by atoms with Crippen molar-refractivity contribution in [3.8, 4) is 28.4 Å². The van der Waals surface area contributed by atoms with E-state index in [1.54, 1.807) is 33.5 Å². The topological polar surface area (TPSA) is 69.7 Å². The summed E-state index contributed by atoms with van der Waals surface area (Å²) in [5.74, 6) is 1.68. The Kier molecular flexibility index (Phi) is 6.97. The average molecular weight is 457 g/mol. The van der Waals surface area contributed by atoms with Crippen LogP contribution in [-0.4, -0.2) is 32.2 Å². The van der Waals surface area contributed by atoms with Crippen LogP contribution < -0.4 is 19.5 Å². The lowest BCUT2D eigenvalue weighted by atomic mass is 9.92. The second-order valence-electron chi connectivity index (χ2n) is 7.90. The average Bonchev–Trinajstić information content (AvgIpc) is 2.87. The molecule has 0 unspecified atom stereocenters. The quantitative estimate of drug-likeness (QED) is 0.400. The third-order valence-corrected chi connectivity index (χ3v) is 5.88. The molecule has 0 saturated heterocycles. The lowest BCUT2D eigenvalue weighted by molar-refractivity contribution is -0.120. The Morgan fingerprint density at radius 3 is 2.15 bits per heavy atom.